The highest BCUT2D eigenvalue weighted by Gasteiger charge is 2.12. The molecule has 2 aromatic rings. The minimum atomic E-state index is 0.456. The van der Waals surface area contributed by atoms with Crippen LogP contribution in [0.3, 0.4) is 0 Å². The van der Waals surface area contributed by atoms with Gasteiger partial charge in [0.05, 0.1) is 17.3 Å². The summed E-state index contributed by atoms with van der Waals surface area (Å²) in [5.41, 5.74) is 7.18. The van der Waals surface area contributed by atoms with Gasteiger partial charge in [-0.25, -0.2) is 0 Å². The average Bonchev–Trinajstić information content (AvgIpc) is 2.59. The van der Waals surface area contributed by atoms with Crippen molar-refractivity contribution >= 4 is 11.6 Å². The van der Waals surface area contributed by atoms with Crippen molar-refractivity contribution in [2.75, 3.05) is 0 Å². The molecular weight excluding hydrogens is 232 g/mol. The standard InChI is InChI=1S/C14H17ClN2/c1-9-5-10(2)14(11(3)6-9)13-7-12(8-15)16-17(13)4/h5-7H,8H2,1-4H3. The molecule has 0 radical (unpaired) electrons. The number of benzene rings is 1. The van der Waals surface area contributed by atoms with E-state index in [1.54, 1.807) is 0 Å². The maximum absolute atomic E-state index is 5.83. The zero-order valence-corrected chi connectivity index (χ0v) is 11.5. The minimum Gasteiger partial charge on any atom is -0.268 e. The van der Waals surface area contributed by atoms with E-state index >= 15 is 0 Å². The van der Waals surface area contributed by atoms with E-state index in [1.807, 2.05) is 11.7 Å². The number of alkyl halides is 1. The van der Waals surface area contributed by atoms with Gasteiger partial charge in [-0.3, -0.25) is 4.68 Å². The van der Waals surface area contributed by atoms with E-state index in [9.17, 15) is 0 Å². The number of nitrogens with zero attached hydrogens (tertiary/aromatic N) is 2. The molecule has 1 heterocycles. The van der Waals surface area contributed by atoms with Crippen molar-refractivity contribution in [1.82, 2.24) is 9.78 Å². The third kappa shape index (κ3) is 2.22. The van der Waals surface area contributed by atoms with Crippen LogP contribution in [0.5, 0.6) is 0 Å². The van der Waals surface area contributed by atoms with Crippen molar-refractivity contribution in [3.05, 3.63) is 40.6 Å². The van der Waals surface area contributed by atoms with Gasteiger partial charge in [-0.1, -0.05) is 17.7 Å². The molecule has 0 amide bonds. The van der Waals surface area contributed by atoms with Crippen LogP contribution in [0.25, 0.3) is 11.3 Å². The number of hydrogen-bond donors (Lipinski definition) is 0. The molecule has 2 nitrogen and oxygen atoms in total. The average molecular weight is 249 g/mol. The molecule has 0 aliphatic rings. The van der Waals surface area contributed by atoms with Gasteiger partial charge < -0.3 is 0 Å². The summed E-state index contributed by atoms with van der Waals surface area (Å²) >= 11 is 5.83. The van der Waals surface area contributed by atoms with Crippen molar-refractivity contribution in [3.8, 4) is 11.3 Å². The third-order valence-electron chi connectivity index (χ3n) is 3.00. The van der Waals surface area contributed by atoms with Crippen molar-refractivity contribution in [2.24, 2.45) is 7.05 Å². The molecule has 0 saturated heterocycles. The first kappa shape index (κ1) is 12.2. The Morgan fingerprint density at radius 2 is 1.71 bits per heavy atom. The summed E-state index contributed by atoms with van der Waals surface area (Å²) in [5.74, 6) is 0.456. The molecule has 0 spiro atoms. The van der Waals surface area contributed by atoms with Crippen molar-refractivity contribution in [3.63, 3.8) is 0 Å². The fraction of sp³-hybridized carbons (Fsp3) is 0.357. The summed E-state index contributed by atoms with van der Waals surface area (Å²) < 4.78 is 1.91. The molecule has 0 aliphatic heterocycles. The summed E-state index contributed by atoms with van der Waals surface area (Å²) in [6.45, 7) is 6.41. The Hall–Kier alpha value is -1.28. The molecule has 1 aromatic carbocycles. The van der Waals surface area contributed by atoms with Crippen LogP contribution < -0.4 is 0 Å². The zero-order valence-electron chi connectivity index (χ0n) is 10.7. The van der Waals surface area contributed by atoms with Crippen LogP contribution in [0.2, 0.25) is 0 Å². The van der Waals surface area contributed by atoms with Gasteiger partial charge in [-0.05, 0) is 38.0 Å². The molecule has 0 atom stereocenters. The smallest absolute Gasteiger partial charge is 0.0778 e. The van der Waals surface area contributed by atoms with E-state index in [0.717, 1.165) is 11.4 Å². The molecule has 3 heteroatoms. The maximum Gasteiger partial charge on any atom is 0.0778 e. The normalized spacial score (nSPS) is 10.9. The number of aryl methyl sites for hydroxylation is 4. The van der Waals surface area contributed by atoms with E-state index in [0.29, 0.717) is 5.88 Å². The summed E-state index contributed by atoms with van der Waals surface area (Å²) in [5, 5.41) is 4.39. The van der Waals surface area contributed by atoms with Gasteiger partial charge in [-0.15, -0.1) is 11.6 Å². The van der Waals surface area contributed by atoms with Gasteiger partial charge in [-0.2, -0.15) is 5.10 Å². The lowest BCUT2D eigenvalue weighted by Crippen LogP contribution is -1.98. The number of hydrogen-bond acceptors (Lipinski definition) is 1. The summed E-state index contributed by atoms with van der Waals surface area (Å²) in [6.07, 6.45) is 0. The Morgan fingerprint density at radius 3 is 2.18 bits per heavy atom. The van der Waals surface area contributed by atoms with Crippen molar-refractivity contribution in [2.45, 2.75) is 26.7 Å². The topological polar surface area (TPSA) is 17.8 Å². The highest BCUT2D eigenvalue weighted by atomic mass is 35.5. The van der Waals surface area contributed by atoms with Gasteiger partial charge in [0.15, 0.2) is 0 Å². The van der Waals surface area contributed by atoms with Crippen LogP contribution in [0.1, 0.15) is 22.4 Å². The largest absolute Gasteiger partial charge is 0.268 e. The van der Waals surface area contributed by atoms with Crippen LogP contribution >= 0.6 is 11.6 Å². The molecule has 1 aromatic heterocycles. The molecule has 17 heavy (non-hydrogen) atoms. The van der Waals surface area contributed by atoms with Crippen LogP contribution in [0.15, 0.2) is 18.2 Å². The SMILES string of the molecule is Cc1cc(C)c(-c2cc(CCl)nn2C)c(C)c1. The lowest BCUT2D eigenvalue weighted by molar-refractivity contribution is 0.761. The Labute approximate surface area is 107 Å². The van der Waals surface area contributed by atoms with E-state index in [2.05, 4.69) is 44.1 Å². The highest BCUT2D eigenvalue weighted by Crippen LogP contribution is 2.28. The molecule has 0 fully saturated rings. The predicted octanol–water partition coefficient (Wildman–Crippen LogP) is 3.75. The third-order valence-corrected chi connectivity index (χ3v) is 3.27. The molecular formula is C14H17ClN2. The van der Waals surface area contributed by atoms with E-state index in [4.69, 9.17) is 11.6 Å². The Morgan fingerprint density at radius 1 is 1.12 bits per heavy atom. The predicted molar refractivity (Wildman–Crippen MR) is 72.4 cm³/mol. The second kappa shape index (κ2) is 4.53. The zero-order chi connectivity index (χ0) is 12.6. The van der Waals surface area contributed by atoms with Crippen LogP contribution in [0, 0.1) is 20.8 Å². The summed E-state index contributed by atoms with van der Waals surface area (Å²) in [4.78, 5) is 0. The Bertz CT molecular complexity index is 532. The number of aromatic nitrogens is 2. The van der Waals surface area contributed by atoms with Crippen LogP contribution in [-0.2, 0) is 12.9 Å². The molecule has 0 bridgehead atoms. The van der Waals surface area contributed by atoms with Gasteiger partial charge in [0.2, 0.25) is 0 Å². The first-order chi connectivity index (χ1) is 8.02. The first-order valence-electron chi connectivity index (χ1n) is 5.70. The molecule has 0 saturated carbocycles. The molecule has 90 valence electrons. The van der Waals surface area contributed by atoms with E-state index < -0.39 is 0 Å². The molecule has 2 rings (SSSR count). The van der Waals surface area contributed by atoms with E-state index in [-0.39, 0.29) is 0 Å². The fourth-order valence-electron chi connectivity index (χ4n) is 2.41. The molecule has 0 N–H and O–H groups in total. The quantitative estimate of drug-likeness (QED) is 0.740. The van der Waals surface area contributed by atoms with Crippen LogP contribution in [-0.4, -0.2) is 9.78 Å². The van der Waals surface area contributed by atoms with Gasteiger partial charge in [0, 0.05) is 12.6 Å². The van der Waals surface area contributed by atoms with Crippen molar-refractivity contribution in [1.29, 1.82) is 0 Å². The van der Waals surface area contributed by atoms with Gasteiger partial charge in [0.1, 0.15) is 0 Å². The Balaban J connectivity index is 2.63. The monoisotopic (exact) mass is 248 g/mol. The summed E-state index contributed by atoms with van der Waals surface area (Å²) in [7, 11) is 1.96. The minimum absolute atomic E-state index is 0.456. The van der Waals surface area contributed by atoms with Crippen molar-refractivity contribution < 1.29 is 0 Å². The van der Waals surface area contributed by atoms with Crippen LogP contribution in [0.4, 0.5) is 0 Å². The Kier molecular flexibility index (Phi) is 3.25. The molecule has 0 aliphatic carbocycles. The number of halogens is 1. The summed E-state index contributed by atoms with van der Waals surface area (Å²) in [6, 6.07) is 6.48. The lowest BCUT2D eigenvalue weighted by Gasteiger charge is -2.11. The first-order valence-corrected chi connectivity index (χ1v) is 6.23. The second-order valence-corrected chi connectivity index (χ2v) is 4.82. The molecule has 0 unspecified atom stereocenters. The van der Waals surface area contributed by atoms with Gasteiger partial charge in [0.25, 0.3) is 0 Å². The van der Waals surface area contributed by atoms with E-state index in [1.165, 1.54) is 22.3 Å². The lowest BCUT2D eigenvalue weighted by atomic mass is 9.97. The fourth-order valence-corrected chi connectivity index (χ4v) is 2.54. The number of rotatable bonds is 2. The highest BCUT2D eigenvalue weighted by molar-refractivity contribution is 6.16. The second-order valence-electron chi connectivity index (χ2n) is 4.55. The van der Waals surface area contributed by atoms with Gasteiger partial charge >= 0.3 is 0 Å². The maximum atomic E-state index is 5.83.